The van der Waals surface area contributed by atoms with E-state index in [-0.39, 0.29) is 111 Å². The van der Waals surface area contributed by atoms with Crippen LogP contribution in [0.4, 0.5) is 5.82 Å². The van der Waals surface area contributed by atoms with E-state index < -0.39 is 54.5 Å². The van der Waals surface area contributed by atoms with E-state index in [0.717, 1.165) is 0 Å². The lowest BCUT2D eigenvalue weighted by molar-refractivity contribution is -0.138. The van der Waals surface area contributed by atoms with Crippen LogP contribution in [-0.2, 0) is 41.6 Å². The number of anilines is 1. The maximum atomic E-state index is 13.3. The Kier molecular flexibility index (Phi) is 16.4. The van der Waals surface area contributed by atoms with Crippen LogP contribution in [0.3, 0.4) is 0 Å². The molecule has 72 heavy (non-hydrogen) atoms. The molecule has 25 heteroatoms. The van der Waals surface area contributed by atoms with Gasteiger partial charge in [0.1, 0.15) is 47.2 Å². The molecule has 5 aromatic rings. The van der Waals surface area contributed by atoms with Gasteiger partial charge in [-0.1, -0.05) is 5.21 Å². The van der Waals surface area contributed by atoms with Gasteiger partial charge >= 0.3 is 11.9 Å². The molecule has 8 rings (SSSR count). The highest BCUT2D eigenvalue weighted by Gasteiger charge is 2.47. The molecule has 1 fully saturated rings. The molecule has 2 aliphatic heterocycles. The van der Waals surface area contributed by atoms with Crippen LogP contribution in [0.1, 0.15) is 51.9 Å². The summed E-state index contributed by atoms with van der Waals surface area (Å²) in [6, 6.07) is 11.2. The number of nitrogens with zero attached hydrogens (tertiary/aromatic N) is 7. The zero-order valence-corrected chi connectivity index (χ0v) is 38.6. The SMILES string of the molecule is Nc1ncnc2c1ncn2C1OC(CC(N)CCC(N)C(=O)O)C(O)C1OCc1cnnn1CCOCCOCCOCCNC(=O)c1ccc(C(=O)O)c(-c2c3ccc(=O)cc-3oc3cc(O)ccc23)c1. The second-order valence-electron chi connectivity index (χ2n) is 16.9. The van der Waals surface area contributed by atoms with E-state index in [4.69, 9.17) is 50.4 Å². The number of benzene rings is 3. The van der Waals surface area contributed by atoms with E-state index in [1.165, 1.54) is 67.4 Å². The number of aromatic hydroxyl groups is 1. The van der Waals surface area contributed by atoms with Crippen LogP contribution in [0, 0.1) is 0 Å². The van der Waals surface area contributed by atoms with Crippen molar-refractivity contribution < 1.29 is 62.9 Å². The minimum absolute atomic E-state index is 0.0160. The Hall–Kier alpha value is -7.49. The molecular weight excluding hydrogens is 943 g/mol. The van der Waals surface area contributed by atoms with Gasteiger partial charge in [0.15, 0.2) is 23.1 Å². The van der Waals surface area contributed by atoms with Crippen LogP contribution in [0.2, 0.25) is 0 Å². The van der Waals surface area contributed by atoms with Crippen molar-refractivity contribution in [1.82, 2.24) is 39.8 Å². The summed E-state index contributed by atoms with van der Waals surface area (Å²) in [4.78, 5) is 61.7. The summed E-state index contributed by atoms with van der Waals surface area (Å²) in [7, 11) is 0. The Morgan fingerprint density at radius 3 is 2.44 bits per heavy atom. The highest BCUT2D eigenvalue weighted by molar-refractivity contribution is 6.09. The number of phenolic OH excluding ortho intramolecular Hbond substituents is 1. The predicted molar refractivity (Wildman–Crippen MR) is 254 cm³/mol. The Morgan fingerprint density at radius 1 is 0.889 bits per heavy atom. The van der Waals surface area contributed by atoms with Crippen LogP contribution < -0.4 is 27.9 Å². The van der Waals surface area contributed by atoms with Gasteiger partial charge in [0.25, 0.3) is 5.91 Å². The van der Waals surface area contributed by atoms with E-state index >= 15 is 0 Å². The molecular formula is C47H53N11O14. The zero-order valence-electron chi connectivity index (χ0n) is 38.6. The number of aliphatic carboxylic acids is 1. The molecule has 0 radical (unpaired) electrons. The molecule has 6 atom stereocenters. The average Bonchev–Trinajstić information content (AvgIpc) is 4.08. The van der Waals surface area contributed by atoms with Crippen molar-refractivity contribution in [2.24, 2.45) is 11.5 Å². The summed E-state index contributed by atoms with van der Waals surface area (Å²) in [5.41, 5.74) is 20.4. The van der Waals surface area contributed by atoms with Gasteiger partial charge in [0, 0.05) is 46.8 Å². The van der Waals surface area contributed by atoms with Crippen molar-refractivity contribution in [3.63, 3.8) is 0 Å². The smallest absolute Gasteiger partial charge is 0.336 e. The number of carboxylic acids is 2. The quantitative estimate of drug-likeness (QED) is 0.0297. The number of fused-ring (bicyclic) bond motifs is 3. The molecule has 3 aliphatic rings. The fraction of sp³-hybridized carbons (Fsp3) is 0.383. The molecule has 1 amide bonds. The third kappa shape index (κ3) is 11.8. The third-order valence-electron chi connectivity index (χ3n) is 12.0. The molecule has 5 heterocycles. The number of aliphatic hydroxyl groups is 1. The van der Waals surface area contributed by atoms with Crippen molar-refractivity contribution >= 4 is 45.8 Å². The number of carbonyl (C=O) groups excluding carboxylic acids is 1. The summed E-state index contributed by atoms with van der Waals surface area (Å²) < 4.78 is 38.7. The maximum absolute atomic E-state index is 13.3. The molecule has 0 spiro atoms. The van der Waals surface area contributed by atoms with E-state index in [0.29, 0.717) is 46.3 Å². The Labute approximate surface area is 408 Å². The van der Waals surface area contributed by atoms with Crippen LogP contribution in [-0.4, -0.2) is 149 Å². The van der Waals surface area contributed by atoms with Crippen molar-refractivity contribution in [3.8, 4) is 28.2 Å². The number of aromatic nitrogens is 7. The third-order valence-corrected chi connectivity index (χ3v) is 12.0. The number of ether oxygens (including phenoxy) is 5. The van der Waals surface area contributed by atoms with Gasteiger partial charge in [-0.2, -0.15) is 0 Å². The van der Waals surface area contributed by atoms with Gasteiger partial charge in [-0.05, 0) is 67.3 Å². The largest absolute Gasteiger partial charge is 0.508 e. The number of aromatic carboxylic acids is 1. The maximum Gasteiger partial charge on any atom is 0.336 e. The Morgan fingerprint density at radius 2 is 1.67 bits per heavy atom. The van der Waals surface area contributed by atoms with E-state index in [1.807, 2.05) is 0 Å². The summed E-state index contributed by atoms with van der Waals surface area (Å²) in [5.74, 6) is -2.56. The number of carbonyl (C=O) groups is 3. The van der Waals surface area contributed by atoms with Crippen LogP contribution >= 0.6 is 0 Å². The second kappa shape index (κ2) is 23.2. The number of aliphatic hydroxyl groups excluding tert-OH is 1. The first-order valence-electron chi connectivity index (χ1n) is 22.9. The first-order chi connectivity index (χ1) is 34.8. The molecule has 3 aromatic heterocycles. The highest BCUT2D eigenvalue weighted by atomic mass is 16.6. The van der Waals surface area contributed by atoms with Crippen LogP contribution in [0.25, 0.3) is 44.6 Å². The molecule has 1 saturated heterocycles. The van der Waals surface area contributed by atoms with Gasteiger partial charge in [0.2, 0.25) is 0 Å². The Balaban J connectivity index is 0.760. The van der Waals surface area contributed by atoms with Crippen LogP contribution in [0.5, 0.6) is 5.75 Å². The van der Waals surface area contributed by atoms with Gasteiger partial charge in [0.05, 0.1) is 82.7 Å². The zero-order chi connectivity index (χ0) is 50.9. The van der Waals surface area contributed by atoms with Crippen molar-refractivity contribution in [2.45, 2.75) is 69.0 Å². The van der Waals surface area contributed by atoms with Crippen LogP contribution in [0.15, 0.2) is 82.7 Å². The lowest BCUT2D eigenvalue weighted by Gasteiger charge is -2.22. The minimum atomic E-state index is -1.23. The number of hydrogen-bond acceptors (Lipinski definition) is 20. The minimum Gasteiger partial charge on any atom is -0.508 e. The number of nitrogens with one attached hydrogen (secondary N) is 1. The summed E-state index contributed by atoms with van der Waals surface area (Å²) >= 11 is 0. The molecule has 2 aromatic carbocycles. The summed E-state index contributed by atoms with van der Waals surface area (Å²) in [6.45, 7) is 1.96. The van der Waals surface area contributed by atoms with Gasteiger partial charge < -0.3 is 71.0 Å². The van der Waals surface area contributed by atoms with Gasteiger partial charge in [-0.3, -0.25) is 19.0 Å². The average molecular weight is 996 g/mol. The normalized spacial score (nSPS) is 17.7. The number of imidazole rings is 1. The number of phenols is 1. The number of amides is 1. The highest BCUT2D eigenvalue weighted by Crippen LogP contribution is 2.42. The topological polar surface area (TPSA) is 373 Å². The van der Waals surface area contributed by atoms with E-state index in [9.17, 15) is 34.5 Å². The van der Waals surface area contributed by atoms with E-state index in [2.05, 4.69) is 30.6 Å². The van der Waals surface area contributed by atoms with Crippen molar-refractivity contribution in [1.29, 1.82) is 0 Å². The van der Waals surface area contributed by atoms with Crippen molar-refractivity contribution in [2.75, 3.05) is 51.9 Å². The molecule has 25 nitrogen and oxygen atoms in total. The summed E-state index contributed by atoms with van der Waals surface area (Å²) in [5, 5.41) is 52.3. The first-order valence-corrected chi connectivity index (χ1v) is 22.9. The van der Waals surface area contributed by atoms with Gasteiger partial charge in [-0.15, -0.1) is 5.10 Å². The lowest BCUT2D eigenvalue weighted by Crippen LogP contribution is -2.38. The number of nitrogens with two attached hydrogens (primary N) is 3. The summed E-state index contributed by atoms with van der Waals surface area (Å²) in [6.07, 6.45) is 1.13. The molecule has 380 valence electrons. The fourth-order valence-corrected chi connectivity index (χ4v) is 8.33. The number of nitrogen functional groups attached to an aromatic ring is 1. The monoisotopic (exact) mass is 995 g/mol. The Bertz CT molecular complexity index is 3050. The fourth-order valence-electron chi connectivity index (χ4n) is 8.33. The second-order valence-corrected chi connectivity index (χ2v) is 16.9. The molecule has 1 aliphatic carbocycles. The molecule has 0 saturated carbocycles. The van der Waals surface area contributed by atoms with Crippen molar-refractivity contribution in [3.05, 3.63) is 100 Å². The van der Waals surface area contributed by atoms with Gasteiger partial charge in [-0.25, -0.2) is 24.4 Å². The standard InChI is InChI=1S/C47H53N11O14/c48-26(2-8-34(49)47(65)66)18-37-40(61)41(45(72-37)57-24-54-39-42(50)52-23-53-43(39)57)70-22-27-21-55-56-58(27)10-12-68-14-16-69-15-13-67-11-9-51-44(62)25-1-5-30(46(63)64)33(17-25)38-31-6-3-28(59)19-35(31)71-36-20-29(60)4-7-32(36)38/h1,3-7,17,19-21,23-24,26,34,37,40-41,45,59,61H,2,8-16,18,22,48-49H2,(H,51,62)(H,63,64)(H,65,66)(H2,50,52,53). The molecule has 0 bridgehead atoms. The number of hydrogen-bond donors (Lipinski definition) is 8. The number of rotatable bonds is 25. The molecule has 6 unspecified atom stereocenters. The molecule has 11 N–H and O–H groups in total. The number of carboxylic acid groups (broad SMARTS) is 2. The predicted octanol–water partition coefficient (Wildman–Crippen LogP) is 1.52. The lowest BCUT2D eigenvalue weighted by atomic mass is 9.89. The first kappa shape index (κ1) is 50.9. The van der Waals surface area contributed by atoms with E-state index in [1.54, 1.807) is 15.3 Å².